The average molecular weight is 809 g/mol. The molecule has 59 heavy (non-hydrogen) atoms. The summed E-state index contributed by atoms with van der Waals surface area (Å²) in [5, 5.41) is 5.10. The number of nitrogens with zero attached hydrogens (tertiary/aromatic N) is 2. The fourth-order valence-electron chi connectivity index (χ4n) is 9.50. The van der Waals surface area contributed by atoms with Gasteiger partial charge in [0.05, 0.1) is 16.8 Å². The van der Waals surface area contributed by atoms with Crippen molar-refractivity contribution < 1.29 is 4.57 Å². The van der Waals surface area contributed by atoms with Crippen LogP contribution in [0.2, 0.25) is 0 Å². The van der Waals surface area contributed by atoms with Crippen molar-refractivity contribution in [2.45, 2.75) is 15.2 Å². The zero-order valence-electron chi connectivity index (χ0n) is 31.6. The minimum Gasteiger partial charge on any atom is -0.309 e. The Balaban J connectivity index is 1.17. The highest BCUT2D eigenvalue weighted by Gasteiger charge is 2.54. The number of hydrogen-bond donors (Lipinski definition) is 0. The first-order valence-electron chi connectivity index (χ1n) is 19.7. The van der Waals surface area contributed by atoms with Gasteiger partial charge in [-0.15, -0.1) is 11.3 Å². The summed E-state index contributed by atoms with van der Waals surface area (Å²) in [6, 6.07) is 66.7. The molecule has 3 nitrogen and oxygen atoms in total. The predicted molar refractivity (Wildman–Crippen MR) is 247 cm³/mol. The van der Waals surface area contributed by atoms with Gasteiger partial charge in [-0.1, -0.05) is 145 Å². The van der Waals surface area contributed by atoms with Gasteiger partial charge in [0, 0.05) is 69.4 Å². The van der Waals surface area contributed by atoms with Gasteiger partial charge in [-0.3, -0.25) is 4.98 Å². The topological polar surface area (TPSA) is 42.9 Å². The molecule has 2 aliphatic rings. The molecule has 0 saturated heterocycles. The van der Waals surface area contributed by atoms with E-state index in [0.29, 0.717) is 0 Å². The molecule has 0 bridgehead atoms. The molecule has 3 aromatic heterocycles. The molecule has 10 aromatic rings. The van der Waals surface area contributed by atoms with E-state index in [1.54, 1.807) is 17.5 Å². The second-order valence-corrected chi connectivity index (χ2v) is 20.1. The Morgan fingerprint density at radius 1 is 0.458 bits per heavy atom. The van der Waals surface area contributed by atoms with Crippen LogP contribution in [0.25, 0.3) is 53.8 Å². The zero-order valence-corrected chi connectivity index (χ0v) is 34.1. The van der Waals surface area contributed by atoms with E-state index in [9.17, 15) is 0 Å². The van der Waals surface area contributed by atoms with Crippen LogP contribution < -0.4 is 15.9 Å². The molecule has 12 rings (SSSR count). The number of thiophene rings is 1. The molecule has 2 unspecified atom stereocenters. The van der Waals surface area contributed by atoms with Gasteiger partial charge >= 0.3 is 0 Å². The van der Waals surface area contributed by atoms with Gasteiger partial charge < -0.3 is 4.57 Å². The second-order valence-electron chi connectivity index (χ2n) is 15.2. The first-order valence-corrected chi connectivity index (χ1v) is 23.1. The van der Waals surface area contributed by atoms with Gasteiger partial charge in [0.1, 0.15) is 0 Å². The van der Waals surface area contributed by atoms with Gasteiger partial charge in [-0.25, -0.2) is 4.98 Å². The summed E-state index contributed by atoms with van der Waals surface area (Å²) in [5.41, 5.74) is 9.84. The van der Waals surface area contributed by atoms with Crippen molar-refractivity contribution in [2.24, 2.45) is 0 Å². The third kappa shape index (κ3) is 5.12. The molecule has 0 radical (unpaired) electrons. The van der Waals surface area contributed by atoms with Crippen LogP contribution in [0.5, 0.6) is 0 Å². The van der Waals surface area contributed by atoms with Gasteiger partial charge in [0.2, 0.25) is 0 Å². The largest absolute Gasteiger partial charge is 0.309 e. The molecule has 7 aromatic carbocycles. The highest BCUT2D eigenvalue weighted by Crippen LogP contribution is 2.62. The molecular formula is C53H33N2OPS2. The van der Waals surface area contributed by atoms with Gasteiger partial charge in [-0.05, 0) is 88.0 Å². The van der Waals surface area contributed by atoms with Crippen LogP contribution in [0.4, 0.5) is 0 Å². The van der Waals surface area contributed by atoms with E-state index in [1.165, 1.54) is 36.4 Å². The molecule has 1 spiro atoms. The van der Waals surface area contributed by atoms with E-state index in [4.69, 9.17) is 4.98 Å². The maximum atomic E-state index is 16.5. The molecule has 5 heterocycles. The van der Waals surface area contributed by atoms with Crippen LogP contribution in [0, 0.1) is 0 Å². The van der Waals surface area contributed by atoms with Crippen LogP contribution in [-0.4, -0.2) is 9.97 Å². The summed E-state index contributed by atoms with van der Waals surface area (Å²) < 4.78 is 18.9. The molecule has 0 saturated carbocycles. The summed E-state index contributed by atoms with van der Waals surface area (Å²) in [6.45, 7) is 0. The van der Waals surface area contributed by atoms with Crippen molar-refractivity contribution >= 4 is 66.3 Å². The molecule has 6 heteroatoms. The lowest BCUT2D eigenvalue weighted by atomic mass is 9.64. The quantitative estimate of drug-likeness (QED) is 0.166. The van der Waals surface area contributed by atoms with Crippen molar-refractivity contribution in [3.8, 4) is 33.6 Å². The van der Waals surface area contributed by atoms with E-state index in [2.05, 4.69) is 163 Å². The summed E-state index contributed by atoms with van der Waals surface area (Å²) in [6.07, 6.45) is 3.68. The number of pyridine rings is 2. The number of aromatic nitrogens is 2. The Bertz CT molecular complexity index is 3290. The second kappa shape index (κ2) is 13.3. The number of rotatable bonds is 4. The summed E-state index contributed by atoms with van der Waals surface area (Å²) in [5.74, 6) is 0. The third-order valence-electron chi connectivity index (χ3n) is 12.1. The normalized spacial score (nSPS) is 17.6. The molecule has 0 amide bonds. The number of fused-ring (bicyclic) bond motifs is 11. The van der Waals surface area contributed by atoms with Gasteiger partial charge in [0.25, 0.3) is 0 Å². The van der Waals surface area contributed by atoms with Crippen LogP contribution in [-0.2, 0) is 9.98 Å². The van der Waals surface area contributed by atoms with Gasteiger partial charge in [0.15, 0.2) is 7.14 Å². The molecular weight excluding hydrogens is 776 g/mol. The Hall–Kier alpha value is -6.36. The van der Waals surface area contributed by atoms with Crippen molar-refractivity contribution in [3.63, 3.8) is 0 Å². The van der Waals surface area contributed by atoms with E-state index in [-0.39, 0.29) is 0 Å². The third-order valence-corrected chi connectivity index (χ3v) is 17.5. The zero-order chi connectivity index (χ0) is 39.1. The SMILES string of the molecule is O=P1(c2ccccc2)c2ccccc2C2(c3ccccc3Sc3cc(-c4cc(-c5ccccc5)nc(-c5cccnc5)c4)ccc32)c2cc3c(cc21)sc1ccccc13. The molecule has 0 aliphatic carbocycles. The monoisotopic (exact) mass is 808 g/mol. The first-order chi connectivity index (χ1) is 29.1. The van der Waals surface area contributed by atoms with E-state index in [1.807, 2.05) is 48.3 Å². The summed E-state index contributed by atoms with van der Waals surface area (Å²) in [4.78, 5) is 11.9. The maximum Gasteiger partial charge on any atom is 0.171 e. The van der Waals surface area contributed by atoms with Crippen LogP contribution in [0.15, 0.2) is 210 Å². The number of hydrogen-bond acceptors (Lipinski definition) is 5. The predicted octanol–water partition coefficient (Wildman–Crippen LogP) is 12.6. The molecule has 278 valence electrons. The average Bonchev–Trinajstić information content (AvgIpc) is 3.68. The Morgan fingerprint density at radius 3 is 1.98 bits per heavy atom. The van der Waals surface area contributed by atoms with Crippen molar-refractivity contribution in [2.75, 3.05) is 0 Å². The maximum absolute atomic E-state index is 16.5. The summed E-state index contributed by atoms with van der Waals surface area (Å²) in [7, 11) is -3.35. The smallest absolute Gasteiger partial charge is 0.171 e. The fourth-order valence-corrected chi connectivity index (χ4v) is 15.1. The van der Waals surface area contributed by atoms with Crippen molar-refractivity contribution in [3.05, 3.63) is 223 Å². The Labute approximate surface area is 350 Å². The Morgan fingerprint density at radius 2 is 1.15 bits per heavy atom. The molecule has 2 aliphatic heterocycles. The van der Waals surface area contributed by atoms with E-state index < -0.39 is 12.6 Å². The lowest BCUT2D eigenvalue weighted by Crippen LogP contribution is -2.48. The summed E-state index contributed by atoms with van der Waals surface area (Å²) >= 11 is 3.60. The minimum absolute atomic E-state index is 0.740. The number of benzene rings is 7. The fraction of sp³-hybridized carbons (Fsp3) is 0.0189. The lowest BCUT2D eigenvalue weighted by molar-refractivity contribution is 0.589. The minimum atomic E-state index is -3.35. The van der Waals surface area contributed by atoms with Crippen LogP contribution in [0.1, 0.15) is 22.3 Å². The first kappa shape index (κ1) is 34.7. The standard InChI is InChI=1S/C53H33N2OPS2/c56-57(38-17-5-2-6-18-38)47-22-10-8-20-41(47)53(44-31-40-39-19-7-11-23-49(39)58-51(40)32-48(44)57)42-21-9-12-24-50(42)59-52-30-35(25-26-43(52)53)37-28-45(34-14-3-1-4-15-34)55-46(29-37)36-16-13-27-54-33-36/h1-33H. The van der Waals surface area contributed by atoms with E-state index >= 15 is 4.57 Å². The van der Waals surface area contributed by atoms with Gasteiger partial charge in [-0.2, -0.15) is 0 Å². The molecule has 0 fully saturated rings. The van der Waals surface area contributed by atoms with Crippen molar-refractivity contribution in [1.29, 1.82) is 0 Å². The Kier molecular flexibility index (Phi) is 7.84. The van der Waals surface area contributed by atoms with Crippen LogP contribution >= 0.6 is 30.2 Å². The lowest BCUT2D eigenvalue weighted by Gasteiger charge is -2.48. The van der Waals surface area contributed by atoms with E-state index in [0.717, 1.165) is 65.4 Å². The van der Waals surface area contributed by atoms with Crippen LogP contribution in [0.3, 0.4) is 0 Å². The molecule has 2 atom stereocenters. The van der Waals surface area contributed by atoms with Crippen molar-refractivity contribution in [1.82, 2.24) is 9.97 Å². The molecule has 0 N–H and O–H groups in total. The highest BCUT2D eigenvalue weighted by atomic mass is 32.2. The highest BCUT2D eigenvalue weighted by molar-refractivity contribution is 7.99.